The lowest BCUT2D eigenvalue weighted by molar-refractivity contribution is 1.07. The quantitative estimate of drug-likeness (QED) is 0.178. The number of hydrogen-bond donors (Lipinski definition) is 0. The molecule has 54 heavy (non-hydrogen) atoms. The molecule has 0 aliphatic carbocycles. The molecule has 4 nitrogen and oxygen atoms in total. The molecule has 3 heterocycles. The topological polar surface area (TPSA) is 43.6 Å². The van der Waals surface area contributed by atoms with Gasteiger partial charge in [-0.15, -0.1) is 11.3 Å². The zero-order valence-corrected chi connectivity index (χ0v) is 29.1. The summed E-state index contributed by atoms with van der Waals surface area (Å²) in [5, 5.41) is 2.69. The first-order valence-electron chi connectivity index (χ1n) is 22.3. The van der Waals surface area contributed by atoms with Gasteiger partial charge in [-0.2, -0.15) is 0 Å². The van der Waals surface area contributed by atoms with Crippen LogP contribution in [0.4, 0.5) is 0 Å². The molecule has 252 valence electrons. The third-order valence-corrected chi connectivity index (χ3v) is 10.8. The monoisotopic (exact) mass is 716 g/mol. The highest BCUT2D eigenvalue weighted by Crippen LogP contribution is 2.43. The summed E-state index contributed by atoms with van der Waals surface area (Å²) in [4.78, 5) is 14.9. The highest BCUT2D eigenvalue weighted by molar-refractivity contribution is 7.26. The lowest BCUT2D eigenvalue weighted by Gasteiger charge is -2.12. The van der Waals surface area contributed by atoms with Crippen molar-refractivity contribution in [3.63, 3.8) is 0 Å². The summed E-state index contributed by atoms with van der Waals surface area (Å²) in [5.74, 6) is 1.32. The minimum atomic E-state index is -0.489. The molecule has 11 aromatic rings. The van der Waals surface area contributed by atoms with Crippen molar-refractivity contribution in [2.24, 2.45) is 0 Å². The lowest BCUT2D eigenvalue weighted by atomic mass is 9.97. The number of aromatic nitrogens is 4. The van der Waals surface area contributed by atoms with E-state index in [0.717, 1.165) is 44.4 Å². The van der Waals surface area contributed by atoms with Crippen molar-refractivity contribution in [2.45, 2.75) is 0 Å². The van der Waals surface area contributed by atoms with Gasteiger partial charge in [0.05, 0.1) is 29.4 Å². The van der Waals surface area contributed by atoms with Crippen molar-refractivity contribution in [2.75, 3.05) is 0 Å². The van der Waals surface area contributed by atoms with Crippen LogP contribution in [-0.2, 0) is 0 Å². The molecule has 0 radical (unpaired) electrons. The fraction of sp³-hybridized carbons (Fsp3) is 0. The number of hydrogen-bond acceptors (Lipinski definition) is 4. The number of fused-ring (bicyclic) bond motifs is 8. The summed E-state index contributed by atoms with van der Waals surface area (Å²) in [6.45, 7) is 0. The van der Waals surface area contributed by atoms with Gasteiger partial charge in [0.25, 0.3) is 0 Å². The van der Waals surface area contributed by atoms with Crippen LogP contribution in [0.25, 0.3) is 104 Å². The molecule has 0 aliphatic rings. The standard InChI is InChI=1S/C49H30N4S/c1-2-13-32(14-3-1)47-50-48(52-49(51-47)35-17-10-16-34(30-35)38-21-11-15-31-12-4-5-18-37(31)38)33-24-26-36(27-25-33)53-43-22-8-6-19-39(43)41-28-29-42-40-20-7-9-23-44(40)54-46(42)45(41)53/h1-30H/i6D,7D,8D,9D,19D,20D,22D,23D,28D,29D. The second-order valence-electron chi connectivity index (χ2n) is 12.9. The predicted molar refractivity (Wildman–Crippen MR) is 226 cm³/mol. The maximum Gasteiger partial charge on any atom is 0.164 e. The Morgan fingerprint density at radius 3 is 1.94 bits per heavy atom. The summed E-state index contributed by atoms with van der Waals surface area (Å²) in [6.07, 6.45) is 0. The van der Waals surface area contributed by atoms with Gasteiger partial charge in [-0.05, 0) is 64.3 Å². The molecule has 11 rings (SSSR count). The molecule has 0 N–H and O–H groups in total. The zero-order chi connectivity index (χ0) is 44.3. The molecule has 0 aliphatic heterocycles. The molecular formula is C49H30N4S. The van der Waals surface area contributed by atoms with Gasteiger partial charge in [-0.3, -0.25) is 0 Å². The first-order valence-corrected chi connectivity index (χ1v) is 18.1. The number of para-hydroxylation sites is 1. The molecule has 3 aromatic heterocycles. The average Bonchev–Trinajstić information content (AvgIpc) is 3.91. The largest absolute Gasteiger partial charge is 0.308 e. The van der Waals surface area contributed by atoms with Crippen molar-refractivity contribution in [3.8, 4) is 51.0 Å². The fourth-order valence-electron chi connectivity index (χ4n) is 7.24. The Labute approximate surface area is 329 Å². The van der Waals surface area contributed by atoms with E-state index in [-0.39, 0.29) is 68.0 Å². The number of rotatable bonds is 5. The van der Waals surface area contributed by atoms with Crippen molar-refractivity contribution in [1.82, 2.24) is 19.5 Å². The van der Waals surface area contributed by atoms with E-state index in [1.54, 1.807) is 16.7 Å². The first kappa shape index (κ1) is 22.2. The van der Waals surface area contributed by atoms with Gasteiger partial charge in [0.15, 0.2) is 17.5 Å². The van der Waals surface area contributed by atoms with E-state index in [0.29, 0.717) is 38.9 Å². The van der Waals surface area contributed by atoms with E-state index < -0.39 is 24.2 Å². The minimum Gasteiger partial charge on any atom is -0.308 e. The Bertz CT molecular complexity index is 3790. The molecule has 0 fully saturated rings. The van der Waals surface area contributed by atoms with Crippen molar-refractivity contribution < 1.29 is 13.7 Å². The van der Waals surface area contributed by atoms with E-state index >= 15 is 0 Å². The van der Waals surface area contributed by atoms with Crippen molar-refractivity contribution in [3.05, 3.63) is 182 Å². The molecule has 0 amide bonds. The Morgan fingerprint density at radius 2 is 1.09 bits per heavy atom. The second kappa shape index (κ2) is 12.3. The third-order valence-electron chi connectivity index (χ3n) is 9.74. The highest BCUT2D eigenvalue weighted by Gasteiger charge is 2.19. The maximum absolute atomic E-state index is 9.32. The fourth-order valence-corrected chi connectivity index (χ4v) is 8.34. The highest BCUT2D eigenvalue weighted by atomic mass is 32.1. The van der Waals surface area contributed by atoms with Crippen molar-refractivity contribution >= 4 is 64.1 Å². The first-order chi connectivity index (χ1) is 30.9. The predicted octanol–water partition coefficient (Wildman–Crippen LogP) is 13.2. The van der Waals surface area contributed by atoms with Gasteiger partial charge in [0.1, 0.15) is 0 Å². The zero-order valence-electron chi connectivity index (χ0n) is 38.2. The van der Waals surface area contributed by atoms with E-state index in [4.69, 9.17) is 25.9 Å². The molecular weight excluding hydrogens is 677 g/mol. The summed E-state index contributed by atoms with van der Waals surface area (Å²) >= 11 is 1.04. The normalized spacial score (nSPS) is 14.3. The molecule has 0 bridgehead atoms. The van der Waals surface area contributed by atoms with Crippen LogP contribution >= 0.6 is 11.3 Å². The molecule has 8 aromatic carbocycles. The molecule has 0 unspecified atom stereocenters. The Kier molecular flexibility index (Phi) is 5.07. The molecule has 0 spiro atoms. The third kappa shape index (κ3) is 4.94. The van der Waals surface area contributed by atoms with Crippen LogP contribution in [0, 0.1) is 0 Å². The van der Waals surface area contributed by atoms with Crippen molar-refractivity contribution in [1.29, 1.82) is 0 Å². The maximum atomic E-state index is 9.32. The number of nitrogens with zero attached hydrogens (tertiary/aromatic N) is 4. The van der Waals surface area contributed by atoms with Crippen LogP contribution in [0.15, 0.2) is 182 Å². The van der Waals surface area contributed by atoms with Gasteiger partial charge in [0, 0.05) is 48.6 Å². The Hall–Kier alpha value is -6.95. The van der Waals surface area contributed by atoms with Crippen LogP contribution < -0.4 is 0 Å². The molecule has 0 saturated carbocycles. The van der Waals surface area contributed by atoms with Gasteiger partial charge >= 0.3 is 0 Å². The molecule has 5 heteroatoms. The molecule has 0 saturated heterocycles. The van der Waals surface area contributed by atoms with Gasteiger partial charge in [0.2, 0.25) is 0 Å². The molecule has 0 atom stereocenters. The smallest absolute Gasteiger partial charge is 0.164 e. The number of thiophene rings is 1. The van der Waals surface area contributed by atoms with E-state index in [9.17, 15) is 2.74 Å². The summed E-state index contributed by atoms with van der Waals surface area (Å²) in [7, 11) is 0. The lowest BCUT2D eigenvalue weighted by Crippen LogP contribution is -2.00. The van der Waals surface area contributed by atoms with Crippen LogP contribution in [-0.4, -0.2) is 19.5 Å². The summed E-state index contributed by atoms with van der Waals surface area (Å²) < 4.78 is 90.5. The summed E-state index contributed by atoms with van der Waals surface area (Å²) in [5.41, 5.74) is 5.14. The van der Waals surface area contributed by atoms with Gasteiger partial charge < -0.3 is 4.57 Å². The summed E-state index contributed by atoms with van der Waals surface area (Å²) in [6, 6.07) is 35.6. The number of benzene rings is 8. The average molecular weight is 717 g/mol. The Morgan fingerprint density at radius 1 is 0.463 bits per heavy atom. The second-order valence-corrected chi connectivity index (χ2v) is 13.9. The van der Waals surface area contributed by atoms with Gasteiger partial charge in [-0.1, -0.05) is 139 Å². The Balaban J connectivity index is 1.13. The van der Waals surface area contributed by atoms with Crippen LogP contribution in [0.3, 0.4) is 0 Å². The van der Waals surface area contributed by atoms with Crippen LogP contribution in [0.2, 0.25) is 0 Å². The SMILES string of the molecule is [2H]c1c([2H])c([2H])c2c(sc3c2c([2H])c([2H])c2c4c([2H])c([2H])c([2H])c([2H])c4n(-c4ccc(-c5nc(-c6ccccc6)nc(-c6cccc(-c7cccc8ccccc78)c6)n5)cc4)c32)c1[2H]. The van der Waals surface area contributed by atoms with E-state index in [1.807, 2.05) is 72.8 Å². The van der Waals surface area contributed by atoms with Crippen LogP contribution in [0.1, 0.15) is 13.7 Å². The van der Waals surface area contributed by atoms with Gasteiger partial charge in [-0.25, -0.2) is 15.0 Å². The van der Waals surface area contributed by atoms with E-state index in [1.165, 1.54) is 0 Å². The van der Waals surface area contributed by atoms with Crippen LogP contribution in [0.5, 0.6) is 0 Å². The minimum absolute atomic E-state index is 0.0582. The van der Waals surface area contributed by atoms with E-state index in [2.05, 4.69) is 36.4 Å².